The molecule has 0 saturated heterocycles. The van der Waals surface area contributed by atoms with Gasteiger partial charge in [0.25, 0.3) is 0 Å². The molecule has 2 heterocycles. The van der Waals surface area contributed by atoms with Crippen LogP contribution in [0.2, 0.25) is 0 Å². The Balaban J connectivity index is 0.000000454. The van der Waals surface area contributed by atoms with Gasteiger partial charge in [-0.05, 0) is 43.2 Å². The van der Waals surface area contributed by atoms with Crippen LogP contribution in [0.25, 0.3) is 11.1 Å². The van der Waals surface area contributed by atoms with Crippen LogP contribution in [-0.4, -0.2) is 32.2 Å². The maximum Gasteiger partial charge on any atom is 0.490 e. The van der Waals surface area contributed by atoms with E-state index in [4.69, 9.17) is 14.3 Å². The molecular weight excluding hydrogens is 500 g/mol. The summed E-state index contributed by atoms with van der Waals surface area (Å²) >= 11 is 0. The zero-order chi connectivity index (χ0) is 26.8. The van der Waals surface area contributed by atoms with Gasteiger partial charge in [0.15, 0.2) is 23.0 Å². The minimum Gasteiger partial charge on any atom is -0.475 e. The van der Waals surface area contributed by atoms with Crippen molar-refractivity contribution in [3.05, 3.63) is 69.6 Å². The van der Waals surface area contributed by atoms with E-state index in [-0.39, 0.29) is 34.4 Å². The molecule has 0 aliphatic heterocycles. The molecule has 0 aliphatic rings. The molecule has 2 aromatic carbocycles. The lowest BCUT2D eigenvalue weighted by Gasteiger charge is -2.11. The molecule has 9 nitrogen and oxygen atoms in total. The van der Waals surface area contributed by atoms with Crippen LogP contribution in [0.3, 0.4) is 0 Å². The van der Waals surface area contributed by atoms with E-state index in [1.165, 1.54) is 6.07 Å². The highest BCUT2D eigenvalue weighted by Crippen LogP contribution is 2.26. The largest absolute Gasteiger partial charge is 0.490 e. The zero-order valence-corrected chi connectivity index (χ0v) is 18.2. The summed E-state index contributed by atoms with van der Waals surface area (Å²) in [5, 5.41) is 12.6. The summed E-state index contributed by atoms with van der Waals surface area (Å²) in [6, 6.07) is 5.56. The van der Waals surface area contributed by atoms with Gasteiger partial charge in [-0.3, -0.25) is 4.98 Å². The fourth-order valence-corrected chi connectivity index (χ4v) is 2.89. The van der Waals surface area contributed by atoms with Crippen molar-refractivity contribution in [3.63, 3.8) is 0 Å². The third kappa shape index (κ3) is 6.11. The van der Waals surface area contributed by atoms with Crippen molar-refractivity contribution in [3.8, 4) is 0 Å². The van der Waals surface area contributed by atoms with Crippen molar-refractivity contribution in [1.82, 2.24) is 15.0 Å². The lowest BCUT2D eigenvalue weighted by molar-refractivity contribution is -0.192. The monoisotopic (exact) mass is 515 g/mol. The molecule has 0 amide bonds. The first-order chi connectivity index (χ1) is 16.7. The number of aromatic nitrogens is 3. The van der Waals surface area contributed by atoms with Crippen molar-refractivity contribution in [2.75, 3.05) is 10.6 Å². The van der Waals surface area contributed by atoms with E-state index < -0.39 is 29.5 Å². The molecule has 15 heteroatoms. The number of hydrogen-bond acceptors (Lipinski definition) is 7. The Morgan fingerprint density at radius 3 is 2.17 bits per heavy atom. The predicted molar refractivity (Wildman–Crippen MR) is 115 cm³/mol. The van der Waals surface area contributed by atoms with E-state index in [0.717, 1.165) is 12.3 Å². The van der Waals surface area contributed by atoms with Crippen LogP contribution in [0.1, 0.15) is 11.1 Å². The average molecular weight is 515 g/mol. The summed E-state index contributed by atoms with van der Waals surface area (Å²) in [5.41, 5.74) is 1.43. The molecule has 0 unspecified atom stereocenters. The Labute approximate surface area is 196 Å². The Hall–Kier alpha value is -4.56. The summed E-state index contributed by atoms with van der Waals surface area (Å²) in [6.07, 6.45) is -4.14. The number of fused-ring (bicyclic) bond motifs is 1. The smallest absolute Gasteiger partial charge is 0.475 e. The molecule has 0 aliphatic carbocycles. The first-order valence-electron chi connectivity index (χ1n) is 9.70. The van der Waals surface area contributed by atoms with Crippen LogP contribution in [0.5, 0.6) is 0 Å². The number of aryl methyl sites for hydroxylation is 2. The number of carboxylic acids is 1. The summed E-state index contributed by atoms with van der Waals surface area (Å²) in [4.78, 5) is 30.4. The number of aromatic amines is 1. The SMILES string of the molecule is Cc1cc(Nc2ncc(F)c(Nc3cc(F)c4oc(=O)[nH]c4c3)n2)cc(C)c1F.O=C(O)C(F)(F)F. The standard InChI is InChI=1S/C19H14F3N5O2.C2HF3O2/c1-8-3-10(4-9(2)15(8)22)25-18-23-7-13(21)17(27-18)24-11-5-12(20)16-14(6-11)26-19(28)29-16;3-2(4,5)1(6)7/h3-7H,1-2H3,(H,26,28)(H2,23,24,25,27);(H,6,7). The van der Waals surface area contributed by atoms with Crippen molar-refractivity contribution in [2.24, 2.45) is 0 Å². The van der Waals surface area contributed by atoms with Crippen LogP contribution in [-0.2, 0) is 4.79 Å². The van der Waals surface area contributed by atoms with Gasteiger partial charge >= 0.3 is 17.9 Å². The number of nitrogens with zero attached hydrogens (tertiary/aromatic N) is 2. The van der Waals surface area contributed by atoms with Crippen LogP contribution in [0, 0.1) is 31.3 Å². The topological polar surface area (TPSA) is 133 Å². The van der Waals surface area contributed by atoms with Gasteiger partial charge in [-0.2, -0.15) is 18.2 Å². The number of H-pyrrole nitrogens is 1. The third-order valence-electron chi connectivity index (χ3n) is 4.42. The number of oxazole rings is 1. The van der Waals surface area contributed by atoms with E-state index in [2.05, 4.69) is 25.6 Å². The molecule has 4 rings (SSSR count). The zero-order valence-electron chi connectivity index (χ0n) is 18.2. The minimum atomic E-state index is -5.08. The molecule has 0 fully saturated rings. The summed E-state index contributed by atoms with van der Waals surface area (Å²) in [5.74, 6) is -5.61. The van der Waals surface area contributed by atoms with E-state index in [1.807, 2.05) is 0 Å². The highest BCUT2D eigenvalue weighted by molar-refractivity contribution is 5.79. The third-order valence-corrected chi connectivity index (χ3v) is 4.42. The number of aliphatic carboxylic acids is 1. The summed E-state index contributed by atoms with van der Waals surface area (Å²) in [6.45, 7) is 3.24. The first-order valence-corrected chi connectivity index (χ1v) is 9.70. The van der Waals surface area contributed by atoms with Gasteiger partial charge in [0.05, 0.1) is 11.7 Å². The number of nitrogens with one attached hydrogen (secondary N) is 3. The Morgan fingerprint density at radius 1 is 1.00 bits per heavy atom. The summed E-state index contributed by atoms with van der Waals surface area (Å²) in [7, 11) is 0. The first kappa shape index (κ1) is 26.1. The lowest BCUT2D eigenvalue weighted by atomic mass is 10.1. The number of carbonyl (C=O) groups is 1. The number of hydrogen-bond donors (Lipinski definition) is 4. The number of carboxylic acid groups (broad SMARTS) is 1. The molecule has 4 N–H and O–H groups in total. The number of benzene rings is 2. The molecule has 0 spiro atoms. The van der Waals surface area contributed by atoms with Gasteiger partial charge in [0.1, 0.15) is 5.82 Å². The van der Waals surface area contributed by atoms with Gasteiger partial charge in [0, 0.05) is 17.4 Å². The molecule has 2 aromatic heterocycles. The van der Waals surface area contributed by atoms with E-state index in [1.54, 1.807) is 26.0 Å². The molecular formula is C21H15F6N5O4. The van der Waals surface area contributed by atoms with Crippen molar-refractivity contribution >= 4 is 40.2 Å². The lowest BCUT2D eigenvalue weighted by Crippen LogP contribution is -2.21. The van der Waals surface area contributed by atoms with Crippen molar-refractivity contribution in [2.45, 2.75) is 20.0 Å². The van der Waals surface area contributed by atoms with Gasteiger partial charge in [-0.1, -0.05) is 0 Å². The molecule has 36 heavy (non-hydrogen) atoms. The normalized spacial score (nSPS) is 11.1. The van der Waals surface area contributed by atoms with Gasteiger partial charge in [-0.25, -0.2) is 27.7 Å². The fourth-order valence-electron chi connectivity index (χ4n) is 2.89. The van der Waals surface area contributed by atoms with Gasteiger partial charge < -0.3 is 20.2 Å². The molecule has 4 aromatic rings. The second kappa shape index (κ2) is 9.97. The summed E-state index contributed by atoms with van der Waals surface area (Å²) < 4.78 is 78.4. The van der Waals surface area contributed by atoms with E-state index >= 15 is 0 Å². The predicted octanol–water partition coefficient (Wildman–Crippen LogP) is 5.07. The van der Waals surface area contributed by atoms with Crippen molar-refractivity contribution < 1.29 is 40.7 Å². The van der Waals surface area contributed by atoms with E-state index in [0.29, 0.717) is 16.8 Å². The van der Waals surface area contributed by atoms with Gasteiger partial charge in [-0.15, -0.1) is 0 Å². The number of alkyl halides is 3. The molecule has 190 valence electrons. The second-order valence-electron chi connectivity index (χ2n) is 7.22. The maximum atomic E-state index is 14.2. The minimum absolute atomic E-state index is 0.0533. The van der Waals surface area contributed by atoms with Crippen LogP contribution in [0.15, 0.2) is 39.7 Å². The molecule has 0 saturated carbocycles. The van der Waals surface area contributed by atoms with E-state index in [9.17, 15) is 31.1 Å². The molecule has 0 radical (unpaired) electrons. The number of halogens is 6. The van der Waals surface area contributed by atoms with Crippen LogP contribution >= 0.6 is 0 Å². The highest BCUT2D eigenvalue weighted by Gasteiger charge is 2.38. The van der Waals surface area contributed by atoms with Gasteiger partial charge in [0.2, 0.25) is 5.95 Å². The van der Waals surface area contributed by atoms with Crippen LogP contribution < -0.4 is 16.4 Å². The maximum absolute atomic E-state index is 14.2. The number of rotatable bonds is 4. The van der Waals surface area contributed by atoms with Crippen molar-refractivity contribution in [1.29, 1.82) is 0 Å². The Morgan fingerprint density at radius 2 is 1.58 bits per heavy atom. The Kier molecular flexibility index (Phi) is 7.22. The van der Waals surface area contributed by atoms with Crippen LogP contribution in [0.4, 0.5) is 49.5 Å². The number of anilines is 4. The second-order valence-corrected chi connectivity index (χ2v) is 7.22. The fraction of sp³-hybridized carbons (Fsp3) is 0.143. The Bertz CT molecular complexity index is 1480. The quantitative estimate of drug-likeness (QED) is 0.277. The highest BCUT2D eigenvalue weighted by atomic mass is 19.4. The molecule has 0 bridgehead atoms. The molecule has 0 atom stereocenters. The average Bonchev–Trinajstić information content (AvgIpc) is 3.15.